The topological polar surface area (TPSA) is 35.6 Å². The predicted octanol–water partition coefficient (Wildman–Crippen LogP) is 4.51. The summed E-state index contributed by atoms with van der Waals surface area (Å²) in [6.07, 6.45) is 1.99. The van der Waals surface area contributed by atoms with Crippen LogP contribution >= 0.6 is 0 Å². The molecule has 4 nitrogen and oxygen atoms in total. The number of carbonyl (C=O) groups excluding carboxylic acids is 1. The molecular weight excluding hydrogens is 355 g/mol. The number of nitrogens with zero attached hydrogens (tertiary/aromatic N) is 2. The van der Waals surface area contributed by atoms with E-state index in [-0.39, 0.29) is 18.1 Å². The number of benzene rings is 1. The van der Waals surface area contributed by atoms with Crippen molar-refractivity contribution in [1.29, 1.82) is 0 Å². The molecule has 0 aromatic heterocycles. The summed E-state index contributed by atoms with van der Waals surface area (Å²) in [6.45, 7) is 4.78. The first-order chi connectivity index (χ1) is 12.8. The van der Waals surface area contributed by atoms with Crippen molar-refractivity contribution in [2.75, 3.05) is 36.4 Å². The van der Waals surface area contributed by atoms with Gasteiger partial charge in [-0.2, -0.15) is 13.2 Å². The SMILES string of the molecule is CC1CCCCN1CC(=O)Nc1cc(C(F)(F)F)ccc1N1CCCCC1. The number of amides is 1. The van der Waals surface area contributed by atoms with Crippen molar-refractivity contribution >= 4 is 17.3 Å². The Morgan fingerprint density at radius 3 is 2.48 bits per heavy atom. The fraction of sp³-hybridized carbons (Fsp3) is 0.650. The molecule has 0 bridgehead atoms. The molecule has 1 N–H and O–H groups in total. The standard InChI is InChI=1S/C20H28F3N3O/c1-15-7-3-6-12-26(15)14-19(27)24-17-13-16(20(21,22)23)8-9-18(17)25-10-4-2-5-11-25/h8-9,13,15H,2-7,10-12,14H2,1H3,(H,24,27). The van der Waals surface area contributed by atoms with Gasteiger partial charge in [0, 0.05) is 19.1 Å². The van der Waals surface area contributed by atoms with E-state index in [0.717, 1.165) is 70.3 Å². The average Bonchev–Trinajstić information content (AvgIpc) is 2.63. The maximum absolute atomic E-state index is 13.2. The number of rotatable bonds is 4. The molecule has 2 saturated heterocycles. The zero-order valence-corrected chi connectivity index (χ0v) is 15.8. The summed E-state index contributed by atoms with van der Waals surface area (Å²) in [4.78, 5) is 16.7. The van der Waals surface area contributed by atoms with Crippen LogP contribution in [0.2, 0.25) is 0 Å². The van der Waals surface area contributed by atoms with E-state index in [9.17, 15) is 18.0 Å². The smallest absolute Gasteiger partial charge is 0.370 e. The molecule has 3 rings (SSSR count). The third-order valence-corrected chi connectivity index (χ3v) is 5.58. The van der Waals surface area contributed by atoms with Crippen LogP contribution in [0.4, 0.5) is 24.5 Å². The van der Waals surface area contributed by atoms with Gasteiger partial charge in [-0.25, -0.2) is 0 Å². The lowest BCUT2D eigenvalue weighted by Crippen LogP contribution is -2.42. The van der Waals surface area contributed by atoms with Crippen LogP contribution in [-0.4, -0.2) is 43.0 Å². The van der Waals surface area contributed by atoms with Gasteiger partial charge < -0.3 is 10.2 Å². The normalized spacial score (nSPS) is 21.9. The second-order valence-corrected chi connectivity index (χ2v) is 7.64. The Morgan fingerprint density at radius 1 is 1.11 bits per heavy atom. The molecule has 2 fully saturated rings. The Hall–Kier alpha value is -1.76. The number of halogens is 3. The zero-order chi connectivity index (χ0) is 19.4. The molecule has 150 valence electrons. The lowest BCUT2D eigenvalue weighted by atomic mass is 10.0. The van der Waals surface area contributed by atoms with E-state index in [0.29, 0.717) is 11.7 Å². The van der Waals surface area contributed by atoms with E-state index < -0.39 is 11.7 Å². The molecule has 27 heavy (non-hydrogen) atoms. The predicted molar refractivity (Wildman–Crippen MR) is 101 cm³/mol. The number of hydrogen-bond donors (Lipinski definition) is 1. The second kappa shape index (κ2) is 8.50. The Labute approximate surface area is 158 Å². The molecule has 7 heteroatoms. The summed E-state index contributed by atoms with van der Waals surface area (Å²) >= 11 is 0. The third kappa shape index (κ3) is 5.15. The first kappa shape index (κ1) is 20.0. The van der Waals surface area contributed by atoms with Crippen LogP contribution in [0.5, 0.6) is 0 Å². The van der Waals surface area contributed by atoms with Crippen molar-refractivity contribution in [3.63, 3.8) is 0 Å². The van der Waals surface area contributed by atoms with E-state index in [1.165, 1.54) is 6.07 Å². The molecule has 0 spiro atoms. The van der Waals surface area contributed by atoms with Gasteiger partial charge in [0.05, 0.1) is 23.5 Å². The van der Waals surface area contributed by atoms with Gasteiger partial charge in [0.15, 0.2) is 0 Å². The number of hydrogen-bond acceptors (Lipinski definition) is 3. The van der Waals surface area contributed by atoms with Crippen LogP contribution in [-0.2, 0) is 11.0 Å². The summed E-state index contributed by atoms with van der Waals surface area (Å²) < 4.78 is 39.5. The fourth-order valence-electron chi connectivity index (χ4n) is 3.99. The van der Waals surface area contributed by atoms with Crippen LogP contribution in [0.1, 0.15) is 51.0 Å². The van der Waals surface area contributed by atoms with Gasteiger partial charge in [-0.3, -0.25) is 9.69 Å². The Bertz CT molecular complexity index is 656. The highest BCUT2D eigenvalue weighted by Crippen LogP contribution is 2.36. The van der Waals surface area contributed by atoms with Gasteiger partial charge in [0.1, 0.15) is 0 Å². The number of likely N-dealkylation sites (tertiary alicyclic amines) is 1. The molecule has 1 aromatic rings. The molecule has 2 heterocycles. The summed E-state index contributed by atoms with van der Waals surface area (Å²) in [5.74, 6) is -0.249. The molecule has 0 saturated carbocycles. The molecule has 0 radical (unpaired) electrons. The fourth-order valence-corrected chi connectivity index (χ4v) is 3.99. The molecule has 1 amide bonds. The third-order valence-electron chi connectivity index (χ3n) is 5.58. The first-order valence-corrected chi connectivity index (χ1v) is 9.84. The van der Waals surface area contributed by atoms with Gasteiger partial charge in [-0.15, -0.1) is 0 Å². The van der Waals surface area contributed by atoms with Gasteiger partial charge in [-0.1, -0.05) is 6.42 Å². The lowest BCUT2D eigenvalue weighted by Gasteiger charge is -2.33. The molecule has 1 unspecified atom stereocenters. The van der Waals surface area contributed by atoms with Gasteiger partial charge in [0.2, 0.25) is 5.91 Å². The van der Waals surface area contributed by atoms with Crippen LogP contribution in [0.3, 0.4) is 0 Å². The summed E-state index contributed by atoms with van der Waals surface area (Å²) in [6, 6.07) is 3.99. The highest BCUT2D eigenvalue weighted by molar-refractivity contribution is 5.95. The van der Waals surface area contributed by atoms with Crippen LogP contribution in [0.25, 0.3) is 0 Å². The monoisotopic (exact) mass is 383 g/mol. The summed E-state index contributed by atoms with van der Waals surface area (Å²) in [7, 11) is 0. The van der Waals surface area contributed by atoms with E-state index >= 15 is 0 Å². The quantitative estimate of drug-likeness (QED) is 0.831. The molecule has 1 atom stereocenters. The first-order valence-electron chi connectivity index (χ1n) is 9.84. The number of alkyl halides is 3. The largest absolute Gasteiger partial charge is 0.416 e. The van der Waals surface area contributed by atoms with Gasteiger partial charge in [0.25, 0.3) is 0 Å². The minimum atomic E-state index is -4.43. The molecule has 2 aliphatic rings. The summed E-state index contributed by atoms with van der Waals surface area (Å²) in [5.41, 5.74) is 0.217. The molecule has 2 aliphatic heterocycles. The Morgan fingerprint density at radius 2 is 1.81 bits per heavy atom. The summed E-state index contributed by atoms with van der Waals surface area (Å²) in [5, 5.41) is 2.77. The number of carbonyl (C=O) groups is 1. The van der Waals surface area contributed by atoms with Crippen molar-refractivity contribution in [1.82, 2.24) is 4.90 Å². The Balaban J connectivity index is 1.78. The van der Waals surface area contributed by atoms with Crippen LogP contribution in [0, 0.1) is 0 Å². The highest BCUT2D eigenvalue weighted by atomic mass is 19.4. The maximum atomic E-state index is 13.2. The van der Waals surface area contributed by atoms with E-state index in [2.05, 4.69) is 22.0 Å². The van der Waals surface area contributed by atoms with E-state index in [1.54, 1.807) is 0 Å². The average molecular weight is 383 g/mol. The zero-order valence-electron chi connectivity index (χ0n) is 15.8. The van der Waals surface area contributed by atoms with Crippen molar-refractivity contribution < 1.29 is 18.0 Å². The van der Waals surface area contributed by atoms with E-state index in [4.69, 9.17) is 0 Å². The van der Waals surface area contributed by atoms with Crippen molar-refractivity contribution in [2.24, 2.45) is 0 Å². The van der Waals surface area contributed by atoms with Gasteiger partial charge in [-0.05, 0) is 63.8 Å². The molecular formula is C20H28F3N3O. The minimum absolute atomic E-state index is 0.219. The minimum Gasteiger partial charge on any atom is -0.370 e. The number of anilines is 2. The van der Waals surface area contributed by atoms with Crippen molar-refractivity contribution in [3.05, 3.63) is 23.8 Å². The number of nitrogens with one attached hydrogen (secondary N) is 1. The second-order valence-electron chi connectivity index (χ2n) is 7.64. The van der Waals surface area contributed by atoms with Crippen molar-refractivity contribution in [2.45, 2.75) is 57.7 Å². The van der Waals surface area contributed by atoms with E-state index in [1.807, 2.05) is 0 Å². The number of piperidine rings is 2. The van der Waals surface area contributed by atoms with Gasteiger partial charge >= 0.3 is 6.18 Å². The molecule has 1 aromatic carbocycles. The Kier molecular flexibility index (Phi) is 6.29. The highest BCUT2D eigenvalue weighted by Gasteiger charge is 2.32. The van der Waals surface area contributed by atoms with Crippen molar-refractivity contribution in [3.8, 4) is 0 Å². The molecule has 0 aliphatic carbocycles. The van der Waals surface area contributed by atoms with Crippen LogP contribution < -0.4 is 10.2 Å². The maximum Gasteiger partial charge on any atom is 0.416 e. The lowest BCUT2D eigenvalue weighted by molar-refractivity contribution is -0.137. The van der Waals surface area contributed by atoms with Crippen LogP contribution in [0.15, 0.2) is 18.2 Å².